The van der Waals surface area contributed by atoms with Crippen molar-refractivity contribution in [2.24, 2.45) is 0 Å². The Labute approximate surface area is 177 Å². The van der Waals surface area contributed by atoms with Crippen LogP contribution in [0.1, 0.15) is 20.7 Å². The fourth-order valence-electron chi connectivity index (χ4n) is 2.57. The van der Waals surface area contributed by atoms with Crippen LogP contribution in [-0.4, -0.2) is 25.0 Å². The van der Waals surface area contributed by atoms with Crippen molar-refractivity contribution in [1.82, 2.24) is 5.32 Å². The van der Waals surface area contributed by atoms with Gasteiger partial charge in [-0.3, -0.25) is 9.59 Å². The summed E-state index contributed by atoms with van der Waals surface area (Å²) in [4.78, 5) is 25.1. The molecule has 5 nitrogen and oxygen atoms in total. The van der Waals surface area contributed by atoms with Gasteiger partial charge >= 0.3 is 0 Å². The van der Waals surface area contributed by atoms with Gasteiger partial charge in [0, 0.05) is 3.57 Å². The smallest absolute Gasteiger partial charge is 0.256 e. The largest absolute Gasteiger partial charge is 0.492 e. The van der Waals surface area contributed by atoms with Gasteiger partial charge in [-0.1, -0.05) is 42.5 Å². The third-order valence-corrected chi connectivity index (χ3v) is 4.88. The standard InChI is InChI=1S/C22H19IN2O3/c23-19-12-6-4-10-17(19)22(27)25-20-13-7-5-11-18(20)21(26)24-14-15-28-16-8-2-1-3-9-16/h1-13H,14-15H2,(H,24,26)(H,25,27). The molecule has 2 amide bonds. The third-order valence-electron chi connectivity index (χ3n) is 3.94. The monoisotopic (exact) mass is 486 g/mol. The molecular formula is C22H19IN2O3. The number of benzene rings is 3. The fourth-order valence-corrected chi connectivity index (χ4v) is 3.20. The maximum absolute atomic E-state index is 12.6. The molecule has 0 saturated carbocycles. The van der Waals surface area contributed by atoms with Crippen LogP contribution >= 0.6 is 22.6 Å². The third kappa shape index (κ3) is 5.32. The van der Waals surface area contributed by atoms with Crippen LogP contribution in [0.4, 0.5) is 5.69 Å². The zero-order valence-electron chi connectivity index (χ0n) is 15.0. The van der Waals surface area contributed by atoms with Crippen molar-refractivity contribution in [3.63, 3.8) is 0 Å². The Morgan fingerprint density at radius 3 is 2.18 bits per heavy atom. The summed E-state index contributed by atoms with van der Waals surface area (Å²) < 4.78 is 6.42. The number of hydrogen-bond donors (Lipinski definition) is 2. The number of para-hydroxylation sites is 2. The average Bonchev–Trinajstić information content (AvgIpc) is 2.72. The Bertz CT molecular complexity index is 961. The molecule has 0 bridgehead atoms. The molecule has 0 heterocycles. The second-order valence-corrected chi connectivity index (χ2v) is 7.06. The summed E-state index contributed by atoms with van der Waals surface area (Å²) in [5.74, 6) is 0.231. The Kier molecular flexibility index (Phi) is 7.02. The highest BCUT2D eigenvalue weighted by atomic mass is 127. The normalized spacial score (nSPS) is 10.2. The molecular weight excluding hydrogens is 467 g/mol. The fraction of sp³-hybridized carbons (Fsp3) is 0.0909. The number of carbonyl (C=O) groups is 2. The SMILES string of the molecule is O=C(Nc1ccccc1C(=O)NCCOc1ccccc1)c1ccccc1I. The predicted molar refractivity (Wildman–Crippen MR) is 118 cm³/mol. The second-order valence-electron chi connectivity index (χ2n) is 5.90. The molecule has 3 aromatic carbocycles. The molecule has 0 aromatic heterocycles. The number of amides is 2. The van der Waals surface area contributed by atoms with E-state index in [0.29, 0.717) is 30.0 Å². The van der Waals surface area contributed by atoms with Crippen LogP contribution in [0, 0.1) is 3.57 Å². The van der Waals surface area contributed by atoms with Gasteiger partial charge < -0.3 is 15.4 Å². The maximum atomic E-state index is 12.6. The van der Waals surface area contributed by atoms with Gasteiger partial charge in [-0.15, -0.1) is 0 Å². The minimum absolute atomic E-state index is 0.252. The van der Waals surface area contributed by atoms with Crippen LogP contribution in [0.25, 0.3) is 0 Å². The van der Waals surface area contributed by atoms with Gasteiger partial charge in [0.25, 0.3) is 11.8 Å². The Balaban J connectivity index is 1.60. The van der Waals surface area contributed by atoms with E-state index in [0.717, 1.165) is 9.32 Å². The molecule has 0 aliphatic heterocycles. The highest BCUT2D eigenvalue weighted by molar-refractivity contribution is 14.1. The Morgan fingerprint density at radius 1 is 0.786 bits per heavy atom. The molecule has 0 atom stereocenters. The first kappa shape index (κ1) is 19.9. The van der Waals surface area contributed by atoms with E-state index in [9.17, 15) is 9.59 Å². The van der Waals surface area contributed by atoms with E-state index >= 15 is 0 Å². The molecule has 0 spiro atoms. The summed E-state index contributed by atoms with van der Waals surface area (Å²) >= 11 is 2.11. The van der Waals surface area contributed by atoms with E-state index in [4.69, 9.17) is 4.74 Å². The first-order valence-electron chi connectivity index (χ1n) is 8.76. The van der Waals surface area contributed by atoms with E-state index in [1.807, 2.05) is 48.5 Å². The van der Waals surface area contributed by atoms with E-state index < -0.39 is 0 Å². The number of ether oxygens (including phenoxy) is 1. The average molecular weight is 486 g/mol. The second kappa shape index (κ2) is 9.89. The summed E-state index contributed by atoms with van der Waals surface area (Å²) in [6.45, 7) is 0.707. The molecule has 0 unspecified atom stereocenters. The number of halogens is 1. The maximum Gasteiger partial charge on any atom is 0.256 e. The zero-order valence-corrected chi connectivity index (χ0v) is 17.2. The molecule has 3 aromatic rings. The van der Waals surface area contributed by atoms with E-state index in [2.05, 4.69) is 33.2 Å². The highest BCUT2D eigenvalue weighted by Crippen LogP contribution is 2.18. The van der Waals surface area contributed by atoms with Crippen LogP contribution < -0.4 is 15.4 Å². The molecule has 0 radical (unpaired) electrons. The van der Waals surface area contributed by atoms with E-state index in [1.54, 1.807) is 30.3 Å². The lowest BCUT2D eigenvalue weighted by Crippen LogP contribution is -2.29. The number of nitrogens with one attached hydrogen (secondary N) is 2. The number of rotatable bonds is 7. The number of carbonyl (C=O) groups excluding carboxylic acids is 2. The van der Waals surface area contributed by atoms with Gasteiger partial charge in [-0.25, -0.2) is 0 Å². The lowest BCUT2D eigenvalue weighted by molar-refractivity contribution is 0.0948. The summed E-state index contributed by atoms with van der Waals surface area (Å²) in [6, 6.07) is 23.6. The van der Waals surface area contributed by atoms with Crippen LogP contribution in [0.2, 0.25) is 0 Å². The van der Waals surface area contributed by atoms with Crippen molar-refractivity contribution in [2.45, 2.75) is 0 Å². The highest BCUT2D eigenvalue weighted by Gasteiger charge is 2.15. The van der Waals surface area contributed by atoms with E-state index in [-0.39, 0.29) is 11.8 Å². The van der Waals surface area contributed by atoms with Crippen molar-refractivity contribution < 1.29 is 14.3 Å². The van der Waals surface area contributed by atoms with Crippen molar-refractivity contribution in [3.8, 4) is 5.75 Å². The molecule has 2 N–H and O–H groups in total. The minimum atomic E-state index is -0.268. The quantitative estimate of drug-likeness (QED) is 0.386. The molecule has 142 valence electrons. The molecule has 6 heteroatoms. The number of hydrogen-bond acceptors (Lipinski definition) is 3. The molecule has 0 aliphatic carbocycles. The first-order chi connectivity index (χ1) is 13.6. The molecule has 28 heavy (non-hydrogen) atoms. The lowest BCUT2D eigenvalue weighted by Gasteiger charge is -2.12. The first-order valence-corrected chi connectivity index (χ1v) is 9.84. The van der Waals surface area contributed by atoms with Gasteiger partial charge in [0.2, 0.25) is 0 Å². The van der Waals surface area contributed by atoms with Gasteiger partial charge in [0.15, 0.2) is 0 Å². The molecule has 0 aliphatic rings. The summed E-state index contributed by atoms with van der Waals surface area (Å²) in [6.07, 6.45) is 0. The van der Waals surface area contributed by atoms with Crippen molar-refractivity contribution >= 4 is 40.1 Å². The van der Waals surface area contributed by atoms with Crippen LogP contribution in [0.3, 0.4) is 0 Å². The minimum Gasteiger partial charge on any atom is -0.492 e. The van der Waals surface area contributed by atoms with Crippen molar-refractivity contribution in [2.75, 3.05) is 18.5 Å². The molecule has 0 saturated heterocycles. The van der Waals surface area contributed by atoms with Crippen LogP contribution in [-0.2, 0) is 0 Å². The zero-order chi connectivity index (χ0) is 19.8. The summed E-state index contributed by atoms with van der Waals surface area (Å²) in [5.41, 5.74) is 1.43. The lowest BCUT2D eigenvalue weighted by atomic mass is 10.1. The van der Waals surface area contributed by atoms with E-state index in [1.165, 1.54) is 0 Å². The van der Waals surface area contributed by atoms with Crippen molar-refractivity contribution in [1.29, 1.82) is 0 Å². The van der Waals surface area contributed by atoms with Gasteiger partial charge in [-0.2, -0.15) is 0 Å². The topological polar surface area (TPSA) is 67.4 Å². The predicted octanol–water partition coefficient (Wildman–Crippen LogP) is 4.35. The van der Waals surface area contributed by atoms with Crippen LogP contribution in [0.15, 0.2) is 78.9 Å². The van der Waals surface area contributed by atoms with Gasteiger partial charge in [-0.05, 0) is 59.0 Å². The van der Waals surface area contributed by atoms with Gasteiger partial charge in [0.05, 0.1) is 23.4 Å². The summed E-state index contributed by atoms with van der Waals surface area (Å²) in [7, 11) is 0. The molecule has 3 rings (SSSR count). The summed E-state index contributed by atoms with van der Waals surface area (Å²) in [5, 5.41) is 5.65. The molecule has 0 fully saturated rings. The van der Waals surface area contributed by atoms with Crippen LogP contribution in [0.5, 0.6) is 5.75 Å². The van der Waals surface area contributed by atoms with Crippen molar-refractivity contribution in [3.05, 3.63) is 93.6 Å². The Hall–Kier alpha value is -2.87. The number of anilines is 1. The van der Waals surface area contributed by atoms with Gasteiger partial charge in [0.1, 0.15) is 12.4 Å². The Morgan fingerprint density at radius 2 is 1.43 bits per heavy atom.